The summed E-state index contributed by atoms with van der Waals surface area (Å²) < 4.78 is 17.8. The zero-order valence-corrected chi connectivity index (χ0v) is 15.8. The molecule has 1 heterocycles. The molecule has 7 heteroatoms. The third kappa shape index (κ3) is 3.55. The van der Waals surface area contributed by atoms with Crippen molar-refractivity contribution < 1.29 is 19.0 Å². The normalized spacial score (nSPS) is 10.5. The minimum Gasteiger partial charge on any atom is -0.493 e. The number of benzene rings is 1. The van der Waals surface area contributed by atoms with Crippen molar-refractivity contribution in [2.24, 2.45) is 7.05 Å². The molecule has 1 aromatic heterocycles. The van der Waals surface area contributed by atoms with Gasteiger partial charge in [0.2, 0.25) is 5.75 Å². The second-order valence-corrected chi connectivity index (χ2v) is 5.86. The highest BCUT2D eigenvalue weighted by atomic mass is 16.5. The Labute approximate surface area is 148 Å². The fourth-order valence-electron chi connectivity index (χ4n) is 2.85. The minimum atomic E-state index is -0.0724. The van der Waals surface area contributed by atoms with E-state index in [0.29, 0.717) is 29.4 Å². The molecule has 2 aromatic rings. The number of ether oxygens (including phenoxy) is 3. The van der Waals surface area contributed by atoms with Gasteiger partial charge in [0.05, 0.1) is 32.6 Å². The topological polar surface area (TPSA) is 65.8 Å². The predicted octanol–water partition coefficient (Wildman–Crippen LogP) is 2.33. The van der Waals surface area contributed by atoms with Crippen molar-refractivity contribution >= 4 is 5.91 Å². The molecule has 25 heavy (non-hydrogen) atoms. The van der Waals surface area contributed by atoms with Crippen LogP contribution >= 0.6 is 0 Å². The Morgan fingerprint density at radius 1 is 1.12 bits per heavy atom. The van der Waals surface area contributed by atoms with Crippen molar-refractivity contribution in [2.45, 2.75) is 20.4 Å². The number of nitrogens with zero attached hydrogens (tertiary/aromatic N) is 3. The van der Waals surface area contributed by atoms with E-state index in [0.717, 1.165) is 17.0 Å². The monoisotopic (exact) mass is 347 g/mol. The van der Waals surface area contributed by atoms with Crippen LogP contribution in [0.3, 0.4) is 0 Å². The lowest BCUT2D eigenvalue weighted by Gasteiger charge is -2.20. The first-order chi connectivity index (χ1) is 11.8. The average Bonchev–Trinajstić information content (AvgIpc) is 2.85. The molecule has 0 radical (unpaired) electrons. The highest BCUT2D eigenvalue weighted by Crippen LogP contribution is 2.38. The van der Waals surface area contributed by atoms with E-state index in [9.17, 15) is 4.79 Å². The van der Waals surface area contributed by atoms with Gasteiger partial charge in [0.15, 0.2) is 11.5 Å². The van der Waals surface area contributed by atoms with Crippen molar-refractivity contribution in [3.63, 3.8) is 0 Å². The van der Waals surface area contributed by atoms with Gasteiger partial charge in [0.1, 0.15) is 0 Å². The van der Waals surface area contributed by atoms with E-state index in [2.05, 4.69) is 5.10 Å². The van der Waals surface area contributed by atoms with Gasteiger partial charge in [-0.3, -0.25) is 9.48 Å². The molecule has 0 bridgehead atoms. The van der Waals surface area contributed by atoms with Crippen molar-refractivity contribution in [3.05, 3.63) is 34.6 Å². The molecule has 0 unspecified atom stereocenters. The molecule has 136 valence electrons. The number of amides is 1. The molecular formula is C18H25N3O4. The van der Waals surface area contributed by atoms with Gasteiger partial charge in [-0.25, -0.2) is 0 Å². The van der Waals surface area contributed by atoms with E-state index in [1.54, 1.807) is 38.0 Å². The van der Waals surface area contributed by atoms with Crippen LogP contribution in [-0.4, -0.2) is 49.0 Å². The molecule has 1 aromatic carbocycles. The molecule has 0 saturated carbocycles. The van der Waals surface area contributed by atoms with E-state index in [1.807, 2.05) is 33.0 Å². The van der Waals surface area contributed by atoms with Gasteiger partial charge in [-0.05, 0) is 31.5 Å². The minimum absolute atomic E-state index is 0.0724. The number of hydrogen-bond donors (Lipinski definition) is 0. The summed E-state index contributed by atoms with van der Waals surface area (Å²) in [5, 5.41) is 4.31. The van der Waals surface area contributed by atoms with E-state index < -0.39 is 0 Å². The summed E-state index contributed by atoms with van der Waals surface area (Å²) in [6.07, 6.45) is 0. The Hall–Kier alpha value is -2.70. The van der Waals surface area contributed by atoms with Gasteiger partial charge < -0.3 is 19.1 Å². The Morgan fingerprint density at radius 3 is 2.08 bits per heavy atom. The second kappa shape index (κ2) is 7.46. The van der Waals surface area contributed by atoms with Crippen LogP contribution in [0.4, 0.5) is 0 Å². The van der Waals surface area contributed by atoms with Gasteiger partial charge in [-0.1, -0.05) is 0 Å². The first kappa shape index (κ1) is 18.6. The molecule has 0 saturated heterocycles. The summed E-state index contributed by atoms with van der Waals surface area (Å²) >= 11 is 0. The fraction of sp³-hybridized carbons (Fsp3) is 0.444. The quantitative estimate of drug-likeness (QED) is 0.802. The van der Waals surface area contributed by atoms with Gasteiger partial charge in [-0.15, -0.1) is 0 Å². The van der Waals surface area contributed by atoms with Crippen LogP contribution in [0.1, 0.15) is 27.3 Å². The Kier molecular flexibility index (Phi) is 5.56. The Balaban J connectivity index is 2.31. The number of rotatable bonds is 6. The molecular weight excluding hydrogens is 322 g/mol. The maximum atomic E-state index is 12.8. The molecule has 0 fully saturated rings. The zero-order valence-electron chi connectivity index (χ0n) is 15.8. The number of carbonyl (C=O) groups is 1. The van der Waals surface area contributed by atoms with Crippen LogP contribution in [-0.2, 0) is 13.6 Å². The summed E-state index contributed by atoms with van der Waals surface area (Å²) in [6, 6.07) is 3.68. The summed E-state index contributed by atoms with van der Waals surface area (Å²) in [4.78, 5) is 14.5. The SMILES string of the molecule is COc1cc(CN(C)C(=O)c2c(C)nn(C)c2C)cc(OC)c1OC. The largest absolute Gasteiger partial charge is 0.493 e. The lowest BCUT2D eigenvalue weighted by molar-refractivity contribution is 0.0783. The van der Waals surface area contributed by atoms with Crippen LogP contribution in [0.2, 0.25) is 0 Å². The third-order valence-corrected chi connectivity index (χ3v) is 4.21. The highest BCUT2D eigenvalue weighted by Gasteiger charge is 2.22. The third-order valence-electron chi connectivity index (χ3n) is 4.21. The van der Waals surface area contributed by atoms with Crippen molar-refractivity contribution in [1.29, 1.82) is 0 Å². The average molecular weight is 347 g/mol. The molecule has 0 N–H and O–H groups in total. The molecule has 0 atom stereocenters. The van der Waals surface area contributed by atoms with Crippen LogP contribution in [0, 0.1) is 13.8 Å². The molecule has 7 nitrogen and oxygen atoms in total. The van der Waals surface area contributed by atoms with Gasteiger partial charge in [-0.2, -0.15) is 5.10 Å². The Morgan fingerprint density at radius 2 is 1.68 bits per heavy atom. The smallest absolute Gasteiger partial charge is 0.257 e. The predicted molar refractivity (Wildman–Crippen MR) is 94.6 cm³/mol. The van der Waals surface area contributed by atoms with Crippen molar-refractivity contribution in [3.8, 4) is 17.2 Å². The van der Waals surface area contributed by atoms with Crippen molar-refractivity contribution in [2.75, 3.05) is 28.4 Å². The molecule has 0 aliphatic rings. The van der Waals surface area contributed by atoms with Crippen LogP contribution in [0.5, 0.6) is 17.2 Å². The van der Waals surface area contributed by atoms with Crippen molar-refractivity contribution in [1.82, 2.24) is 14.7 Å². The zero-order chi connectivity index (χ0) is 18.7. The maximum Gasteiger partial charge on any atom is 0.257 e. The molecule has 1 amide bonds. The number of aryl methyl sites for hydroxylation is 2. The van der Waals surface area contributed by atoms with E-state index in [1.165, 1.54) is 0 Å². The number of methoxy groups -OCH3 is 3. The second-order valence-electron chi connectivity index (χ2n) is 5.86. The molecule has 2 rings (SSSR count). The first-order valence-electron chi connectivity index (χ1n) is 7.88. The summed E-state index contributed by atoms with van der Waals surface area (Å²) in [7, 11) is 8.29. The highest BCUT2D eigenvalue weighted by molar-refractivity contribution is 5.96. The molecule has 0 aliphatic carbocycles. The summed E-state index contributed by atoms with van der Waals surface area (Å²) in [5.74, 6) is 1.58. The van der Waals surface area contributed by atoms with E-state index in [-0.39, 0.29) is 5.91 Å². The van der Waals surface area contributed by atoms with Gasteiger partial charge in [0.25, 0.3) is 5.91 Å². The van der Waals surface area contributed by atoms with Crippen LogP contribution in [0.25, 0.3) is 0 Å². The number of hydrogen-bond acceptors (Lipinski definition) is 5. The number of carbonyl (C=O) groups excluding carboxylic acids is 1. The van der Waals surface area contributed by atoms with Crippen LogP contribution in [0.15, 0.2) is 12.1 Å². The van der Waals surface area contributed by atoms with Crippen LogP contribution < -0.4 is 14.2 Å². The molecule has 0 spiro atoms. The fourth-order valence-corrected chi connectivity index (χ4v) is 2.85. The number of aromatic nitrogens is 2. The van der Waals surface area contributed by atoms with E-state index >= 15 is 0 Å². The summed E-state index contributed by atoms with van der Waals surface area (Å²) in [6.45, 7) is 4.14. The van der Waals surface area contributed by atoms with Gasteiger partial charge >= 0.3 is 0 Å². The van der Waals surface area contributed by atoms with E-state index in [4.69, 9.17) is 14.2 Å². The molecule has 0 aliphatic heterocycles. The Bertz CT molecular complexity index is 758. The maximum absolute atomic E-state index is 12.8. The standard InChI is InChI=1S/C18H25N3O4/c1-11-16(12(2)21(4)19-11)18(22)20(3)10-13-8-14(23-5)17(25-7)15(9-13)24-6/h8-9H,10H2,1-7H3. The lowest BCUT2D eigenvalue weighted by atomic mass is 10.1. The summed E-state index contributed by atoms with van der Waals surface area (Å²) in [5.41, 5.74) is 3.09. The van der Waals surface area contributed by atoms with Gasteiger partial charge in [0, 0.05) is 26.3 Å². The first-order valence-corrected chi connectivity index (χ1v) is 7.88. The lowest BCUT2D eigenvalue weighted by Crippen LogP contribution is -2.27.